The van der Waals surface area contributed by atoms with Crippen LogP contribution in [0.3, 0.4) is 0 Å². The van der Waals surface area contributed by atoms with Crippen molar-refractivity contribution in [3.8, 4) is 0 Å². The molecule has 0 bridgehead atoms. The van der Waals surface area contributed by atoms with Gasteiger partial charge in [0.1, 0.15) is 6.54 Å². The van der Waals surface area contributed by atoms with Crippen molar-refractivity contribution in [1.29, 1.82) is 0 Å². The highest BCUT2D eigenvalue weighted by Crippen LogP contribution is 2.39. The maximum absolute atomic E-state index is 13.9. The molecule has 36 heavy (non-hydrogen) atoms. The molecule has 0 fully saturated rings. The van der Waals surface area contributed by atoms with Crippen LogP contribution >= 0.6 is 11.3 Å². The van der Waals surface area contributed by atoms with E-state index in [1.807, 2.05) is 59.5 Å². The standard InChI is InChI=1S/C30H30N2O3S/c1-21-8-3-5-11-23(21)29-26-15-19-36-27(26)14-16-32(29)28(33)20-31(17-18-35-2)30(34)25-13-7-10-22-9-4-6-12-24(22)25/h3-13,15,19,29H,14,16-18,20H2,1-2H3/t29-/m0/s1. The van der Waals surface area contributed by atoms with E-state index in [2.05, 4.69) is 30.5 Å². The number of benzene rings is 3. The quantitative estimate of drug-likeness (QED) is 0.339. The molecule has 184 valence electrons. The summed E-state index contributed by atoms with van der Waals surface area (Å²) in [6.45, 7) is 3.43. The van der Waals surface area contributed by atoms with Crippen LogP contribution in [0.1, 0.15) is 38.0 Å². The number of aryl methyl sites for hydroxylation is 1. The number of hydrogen-bond donors (Lipinski definition) is 0. The first-order chi connectivity index (χ1) is 17.6. The topological polar surface area (TPSA) is 49.9 Å². The maximum atomic E-state index is 13.9. The lowest BCUT2D eigenvalue weighted by molar-refractivity contribution is -0.134. The molecule has 0 aliphatic carbocycles. The molecule has 1 aromatic heterocycles. The number of carbonyl (C=O) groups excluding carboxylic acids is 2. The van der Waals surface area contributed by atoms with Crippen molar-refractivity contribution in [3.63, 3.8) is 0 Å². The fourth-order valence-corrected chi connectivity index (χ4v) is 6.01. The molecule has 1 aliphatic heterocycles. The molecule has 4 aromatic rings. The molecule has 5 rings (SSSR count). The second-order valence-electron chi connectivity index (χ2n) is 9.14. The number of amides is 2. The van der Waals surface area contributed by atoms with Gasteiger partial charge in [0, 0.05) is 30.6 Å². The maximum Gasteiger partial charge on any atom is 0.255 e. The Morgan fingerprint density at radius 2 is 1.78 bits per heavy atom. The van der Waals surface area contributed by atoms with Crippen molar-refractivity contribution in [3.05, 3.63) is 105 Å². The van der Waals surface area contributed by atoms with Gasteiger partial charge < -0.3 is 14.5 Å². The molecule has 2 heterocycles. The van der Waals surface area contributed by atoms with Crippen molar-refractivity contribution >= 4 is 33.9 Å². The number of fused-ring (bicyclic) bond motifs is 2. The third kappa shape index (κ3) is 4.66. The number of methoxy groups -OCH3 is 1. The van der Waals surface area contributed by atoms with Crippen molar-refractivity contribution in [2.24, 2.45) is 0 Å². The molecule has 2 amide bonds. The van der Waals surface area contributed by atoms with Gasteiger partial charge in [-0.2, -0.15) is 0 Å². The van der Waals surface area contributed by atoms with Crippen LogP contribution in [-0.2, 0) is 16.0 Å². The average Bonchev–Trinajstić information content (AvgIpc) is 3.39. The van der Waals surface area contributed by atoms with E-state index in [9.17, 15) is 9.59 Å². The Hall–Kier alpha value is -3.48. The highest BCUT2D eigenvalue weighted by molar-refractivity contribution is 7.10. The lowest BCUT2D eigenvalue weighted by atomic mass is 9.90. The average molecular weight is 499 g/mol. The van der Waals surface area contributed by atoms with E-state index >= 15 is 0 Å². The second-order valence-corrected chi connectivity index (χ2v) is 10.1. The van der Waals surface area contributed by atoms with Crippen LogP contribution in [-0.4, -0.2) is 55.0 Å². The molecule has 3 aromatic carbocycles. The SMILES string of the molecule is COCCN(CC(=O)N1CCc2sccc2[C@@H]1c1ccccc1C)C(=O)c1cccc2ccccc12. The first kappa shape index (κ1) is 24.2. The van der Waals surface area contributed by atoms with Crippen molar-refractivity contribution in [2.45, 2.75) is 19.4 Å². The zero-order chi connectivity index (χ0) is 25.1. The van der Waals surface area contributed by atoms with E-state index in [0.717, 1.165) is 28.3 Å². The molecule has 0 N–H and O–H groups in total. The van der Waals surface area contributed by atoms with Crippen LogP contribution < -0.4 is 0 Å². The predicted octanol–water partition coefficient (Wildman–Crippen LogP) is 5.47. The van der Waals surface area contributed by atoms with Gasteiger partial charge in [-0.1, -0.05) is 60.7 Å². The Balaban J connectivity index is 1.46. The Morgan fingerprint density at radius 3 is 2.61 bits per heavy atom. The van der Waals surface area contributed by atoms with Gasteiger partial charge in [0.2, 0.25) is 5.91 Å². The van der Waals surface area contributed by atoms with Gasteiger partial charge >= 0.3 is 0 Å². The number of rotatable bonds is 7. The number of hydrogen-bond acceptors (Lipinski definition) is 4. The largest absolute Gasteiger partial charge is 0.383 e. The molecule has 0 saturated carbocycles. The minimum Gasteiger partial charge on any atom is -0.383 e. The first-order valence-electron chi connectivity index (χ1n) is 12.3. The smallest absolute Gasteiger partial charge is 0.255 e. The van der Waals surface area contributed by atoms with Crippen LogP contribution in [0.4, 0.5) is 0 Å². The summed E-state index contributed by atoms with van der Waals surface area (Å²) in [5, 5.41) is 4.00. The van der Waals surface area contributed by atoms with Gasteiger partial charge in [-0.15, -0.1) is 11.3 Å². The molecule has 1 aliphatic rings. The molecule has 6 heteroatoms. The first-order valence-corrected chi connectivity index (χ1v) is 13.1. The van der Waals surface area contributed by atoms with E-state index in [-0.39, 0.29) is 24.4 Å². The molecule has 0 radical (unpaired) electrons. The van der Waals surface area contributed by atoms with Gasteiger partial charge in [0.25, 0.3) is 5.91 Å². The van der Waals surface area contributed by atoms with Crippen molar-refractivity contribution in [1.82, 2.24) is 9.80 Å². The number of thiophene rings is 1. The zero-order valence-corrected chi connectivity index (χ0v) is 21.5. The summed E-state index contributed by atoms with van der Waals surface area (Å²) in [6.07, 6.45) is 0.830. The predicted molar refractivity (Wildman–Crippen MR) is 144 cm³/mol. The molecular formula is C30H30N2O3S. The van der Waals surface area contributed by atoms with Gasteiger partial charge in [0.15, 0.2) is 0 Å². The third-order valence-electron chi connectivity index (χ3n) is 6.97. The molecular weight excluding hydrogens is 468 g/mol. The third-order valence-corrected chi connectivity index (χ3v) is 7.96. The monoisotopic (exact) mass is 498 g/mol. The van der Waals surface area contributed by atoms with Crippen LogP contribution in [0.2, 0.25) is 0 Å². The Kier molecular flexibility index (Phi) is 7.16. The molecule has 1 atom stereocenters. The minimum atomic E-state index is -0.155. The van der Waals surface area contributed by atoms with Crippen LogP contribution in [0.5, 0.6) is 0 Å². The van der Waals surface area contributed by atoms with E-state index < -0.39 is 0 Å². The fraction of sp³-hybridized carbons (Fsp3) is 0.267. The summed E-state index contributed by atoms with van der Waals surface area (Å²) in [5.74, 6) is -0.206. The van der Waals surface area contributed by atoms with E-state index in [1.165, 1.54) is 10.4 Å². The lowest BCUT2D eigenvalue weighted by Crippen LogP contribution is -2.47. The number of ether oxygens (including phenoxy) is 1. The number of nitrogens with zero attached hydrogens (tertiary/aromatic N) is 2. The van der Waals surface area contributed by atoms with Crippen LogP contribution in [0.25, 0.3) is 10.8 Å². The number of carbonyl (C=O) groups is 2. The minimum absolute atomic E-state index is 0.00721. The summed E-state index contributed by atoms with van der Waals surface area (Å²) >= 11 is 1.75. The van der Waals surface area contributed by atoms with Crippen LogP contribution in [0, 0.1) is 6.92 Å². The summed E-state index contributed by atoms with van der Waals surface area (Å²) < 4.78 is 5.30. The highest BCUT2D eigenvalue weighted by Gasteiger charge is 2.34. The lowest BCUT2D eigenvalue weighted by Gasteiger charge is -2.38. The Morgan fingerprint density at radius 1 is 1.00 bits per heavy atom. The summed E-state index contributed by atoms with van der Waals surface area (Å²) in [6, 6.07) is 23.8. The van der Waals surface area contributed by atoms with E-state index in [4.69, 9.17) is 4.74 Å². The van der Waals surface area contributed by atoms with Gasteiger partial charge in [-0.25, -0.2) is 0 Å². The van der Waals surface area contributed by atoms with Crippen LogP contribution in [0.15, 0.2) is 78.2 Å². The molecule has 0 unspecified atom stereocenters. The van der Waals surface area contributed by atoms with Crippen molar-refractivity contribution in [2.75, 3.05) is 33.4 Å². The Bertz CT molecular complexity index is 1390. The summed E-state index contributed by atoms with van der Waals surface area (Å²) in [5.41, 5.74) is 4.08. The Labute approximate surface area is 215 Å². The van der Waals surface area contributed by atoms with Gasteiger partial charge in [-0.3, -0.25) is 9.59 Å². The van der Waals surface area contributed by atoms with E-state index in [1.54, 1.807) is 23.3 Å². The van der Waals surface area contributed by atoms with Gasteiger partial charge in [-0.05, 0) is 58.3 Å². The summed E-state index contributed by atoms with van der Waals surface area (Å²) in [7, 11) is 1.61. The zero-order valence-electron chi connectivity index (χ0n) is 20.6. The molecule has 5 nitrogen and oxygen atoms in total. The fourth-order valence-electron chi connectivity index (χ4n) is 5.10. The normalized spacial score (nSPS) is 15.1. The summed E-state index contributed by atoms with van der Waals surface area (Å²) in [4.78, 5) is 32.6. The van der Waals surface area contributed by atoms with Crippen molar-refractivity contribution < 1.29 is 14.3 Å². The highest BCUT2D eigenvalue weighted by atomic mass is 32.1. The van der Waals surface area contributed by atoms with Gasteiger partial charge in [0.05, 0.1) is 12.6 Å². The molecule has 0 spiro atoms. The van der Waals surface area contributed by atoms with E-state index in [0.29, 0.717) is 25.3 Å². The second kappa shape index (κ2) is 10.6. The molecule has 0 saturated heterocycles.